The smallest absolute Gasteiger partial charge is 0.0623 e. The molecule has 4 nitrogen and oxygen atoms in total. The van der Waals surface area contributed by atoms with E-state index in [4.69, 9.17) is 9.47 Å². The Morgan fingerprint density at radius 2 is 1.88 bits per heavy atom. The number of nitrogens with one attached hydrogen (secondary N) is 1. The van der Waals surface area contributed by atoms with E-state index in [0.29, 0.717) is 12.0 Å². The molecule has 100 valence electrons. The van der Waals surface area contributed by atoms with Crippen molar-refractivity contribution in [1.29, 1.82) is 0 Å². The Kier molecular flexibility index (Phi) is 5.22. The van der Waals surface area contributed by atoms with Gasteiger partial charge in [-0.05, 0) is 32.9 Å². The van der Waals surface area contributed by atoms with E-state index in [1.165, 1.54) is 19.4 Å². The van der Waals surface area contributed by atoms with Crippen LogP contribution in [0.3, 0.4) is 0 Å². The Hall–Kier alpha value is -0.160. The minimum absolute atomic E-state index is 0.534. The first-order chi connectivity index (χ1) is 8.29. The first-order valence-corrected chi connectivity index (χ1v) is 6.81. The van der Waals surface area contributed by atoms with Crippen LogP contribution >= 0.6 is 0 Å². The fourth-order valence-corrected chi connectivity index (χ4v) is 2.94. The molecule has 0 aromatic heterocycles. The quantitative estimate of drug-likeness (QED) is 0.764. The molecule has 2 atom stereocenters. The molecule has 2 fully saturated rings. The van der Waals surface area contributed by atoms with Crippen LogP contribution in [-0.2, 0) is 9.47 Å². The van der Waals surface area contributed by atoms with Gasteiger partial charge in [-0.3, -0.25) is 0 Å². The maximum atomic E-state index is 5.54. The second kappa shape index (κ2) is 6.69. The number of ether oxygens (including phenoxy) is 2. The van der Waals surface area contributed by atoms with E-state index >= 15 is 0 Å². The summed E-state index contributed by atoms with van der Waals surface area (Å²) >= 11 is 0. The van der Waals surface area contributed by atoms with Crippen LogP contribution in [0.25, 0.3) is 0 Å². The zero-order valence-corrected chi connectivity index (χ0v) is 11.2. The Morgan fingerprint density at radius 1 is 1.12 bits per heavy atom. The zero-order chi connectivity index (χ0) is 12.1. The summed E-state index contributed by atoms with van der Waals surface area (Å²) in [6.07, 6.45) is 2.45. The number of hydrogen-bond donors (Lipinski definition) is 1. The van der Waals surface area contributed by atoms with Crippen molar-refractivity contribution in [2.75, 3.05) is 53.6 Å². The number of hydrogen-bond acceptors (Lipinski definition) is 4. The third-order valence-electron chi connectivity index (χ3n) is 4.03. The highest BCUT2D eigenvalue weighted by Crippen LogP contribution is 2.18. The van der Waals surface area contributed by atoms with E-state index < -0.39 is 0 Å². The van der Waals surface area contributed by atoms with Gasteiger partial charge in [-0.1, -0.05) is 0 Å². The largest absolute Gasteiger partial charge is 0.381 e. The van der Waals surface area contributed by atoms with Crippen LogP contribution in [0.4, 0.5) is 0 Å². The molecule has 17 heavy (non-hydrogen) atoms. The number of likely N-dealkylation sites (N-methyl/N-ethyl adjacent to an activating group) is 1. The molecule has 2 aliphatic rings. The summed E-state index contributed by atoms with van der Waals surface area (Å²) in [5.74, 6) is 1.47. The normalized spacial score (nSPS) is 31.2. The van der Waals surface area contributed by atoms with Crippen LogP contribution in [0.2, 0.25) is 0 Å². The average Bonchev–Trinajstić information content (AvgIpc) is 2.77. The fourth-order valence-electron chi connectivity index (χ4n) is 2.94. The van der Waals surface area contributed by atoms with Crippen molar-refractivity contribution in [3.05, 3.63) is 0 Å². The van der Waals surface area contributed by atoms with Gasteiger partial charge in [0.15, 0.2) is 0 Å². The minimum Gasteiger partial charge on any atom is -0.381 e. The van der Waals surface area contributed by atoms with Gasteiger partial charge >= 0.3 is 0 Å². The third-order valence-corrected chi connectivity index (χ3v) is 4.03. The molecule has 2 saturated heterocycles. The van der Waals surface area contributed by atoms with Crippen molar-refractivity contribution in [1.82, 2.24) is 10.2 Å². The van der Waals surface area contributed by atoms with Crippen LogP contribution < -0.4 is 5.32 Å². The van der Waals surface area contributed by atoms with Gasteiger partial charge in [0.25, 0.3) is 0 Å². The van der Waals surface area contributed by atoms with Crippen LogP contribution in [0, 0.1) is 11.8 Å². The van der Waals surface area contributed by atoms with Gasteiger partial charge in [-0.25, -0.2) is 0 Å². The predicted molar refractivity (Wildman–Crippen MR) is 68.2 cm³/mol. The van der Waals surface area contributed by atoms with Crippen molar-refractivity contribution in [2.45, 2.75) is 18.9 Å². The van der Waals surface area contributed by atoms with E-state index in [0.717, 1.165) is 38.9 Å². The zero-order valence-electron chi connectivity index (χ0n) is 11.2. The fraction of sp³-hybridized carbons (Fsp3) is 1.00. The number of nitrogens with zero attached hydrogens (tertiary/aromatic N) is 1. The summed E-state index contributed by atoms with van der Waals surface area (Å²) in [4.78, 5) is 2.47. The highest BCUT2D eigenvalue weighted by Gasteiger charge is 2.28. The Bertz CT molecular complexity index is 219. The van der Waals surface area contributed by atoms with Gasteiger partial charge in [0.1, 0.15) is 0 Å². The second-order valence-corrected chi connectivity index (χ2v) is 5.47. The van der Waals surface area contributed by atoms with Gasteiger partial charge < -0.3 is 19.7 Å². The summed E-state index contributed by atoms with van der Waals surface area (Å²) in [5, 5.41) is 3.35. The van der Waals surface area contributed by atoms with Crippen LogP contribution in [0.5, 0.6) is 0 Å². The molecule has 0 saturated carbocycles. The SMILES string of the molecule is CNC1COCC1CN(C)CC1CCOCC1. The van der Waals surface area contributed by atoms with Gasteiger partial charge in [0, 0.05) is 38.3 Å². The molecule has 2 unspecified atom stereocenters. The summed E-state index contributed by atoms with van der Waals surface area (Å²) in [7, 11) is 4.27. The van der Waals surface area contributed by atoms with Crippen LogP contribution in [0.1, 0.15) is 12.8 Å². The molecule has 0 spiro atoms. The molecular formula is C13H26N2O2. The monoisotopic (exact) mass is 242 g/mol. The van der Waals surface area contributed by atoms with E-state index in [2.05, 4.69) is 17.3 Å². The Labute approximate surface area is 105 Å². The first kappa shape index (κ1) is 13.3. The Balaban J connectivity index is 1.70. The van der Waals surface area contributed by atoms with Gasteiger partial charge in [-0.2, -0.15) is 0 Å². The maximum absolute atomic E-state index is 5.54. The van der Waals surface area contributed by atoms with Crippen LogP contribution in [-0.4, -0.2) is 64.6 Å². The van der Waals surface area contributed by atoms with E-state index in [-0.39, 0.29) is 0 Å². The van der Waals surface area contributed by atoms with Crippen molar-refractivity contribution < 1.29 is 9.47 Å². The maximum Gasteiger partial charge on any atom is 0.0623 e. The van der Waals surface area contributed by atoms with Crippen molar-refractivity contribution in [3.63, 3.8) is 0 Å². The lowest BCUT2D eigenvalue weighted by atomic mass is 9.98. The molecule has 0 bridgehead atoms. The third kappa shape index (κ3) is 3.91. The molecule has 0 radical (unpaired) electrons. The summed E-state index contributed by atoms with van der Waals surface area (Å²) in [6, 6.07) is 0.534. The molecule has 0 aliphatic carbocycles. The lowest BCUT2D eigenvalue weighted by molar-refractivity contribution is 0.0533. The standard InChI is InChI=1S/C13H26N2O2/c1-14-13-10-17-9-12(13)8-15(2)7-11-3-5-16-6-4-11/h11-14H,3-10H2,1-2H3. The predicted octanol–water partition coefficient (Wildman–Crippen LogP) is 0.579. The van der Waals surface area contributed by atoms with E-state index in [9.17, 15) is 0 Å². The number of rotatable bonds is 5. The average molecular weight is 242 g/mol. The van der Waals surface area contributed by atoms with Gasteiger partial charge in [0.05, 0.1) is 13.2 Å². The topological polar surface area (TPSA) is 33.7 Å². The summed E-state index contributed by atoms with van der Waals surface area (Å²) in [6.45, 7) is 6.02. The van der Waals surface area contributed by atoms with Crippen LogP contribution in [0.15, 0.2) is 0 Å². The van der Waals surface area contributed by atoms with Gasteiger partial charge in [-0.15, -0.1) is 0 Å². The molecule has 0 aromatic rings. The van der Waals surface area contributed by atoms with Gasteiger partial charge in [0.2, 0.25) is 0 Å². The van der Waals surface area contributed by atoms with E-state index in [1.54, 1.807) is 0 Å². The van der Waals surface area contributed by atoms with Crippen molar-refractivity contribution in [2.24, 2.45) is 11.8 Å². The lowest BCUT2D eigenvalue weighted by Crippen LogP contribution is -2.40. The molecule has 2 aliphatic heterocycles. The van der Waals surface area contributed by atoms with E-state index in [1.807, 2.05) is 7.05 Å². The summed E-state index contributed by atoms with van der Waals surface area (Å²) < 4.78 is 10.9. The van der Waals surface area contributed by atoms with Crippen molar-refractivity contribution >= 4 is 0 Å². The molecule has 1 N–H and O–H groups in total. The first-order valence-electron chi connectivity index (χ1n) is 6.81. The molecular weight excluding hydrogens is 216 g/mol. The minimum atomic E-state index is 0.534. The molecule has 4 heteroatoms. The second-order valence-electron chi connectivity index (χ2n) is 5.47. The molecule has 2 heterocycles. The molecule has 2 rings (SSSR count). The summed E-state index contributed by atoms with van der Waals surface area (Å²) in [5.41, 5.74) is 0. The van der Waals surface area contributed by atoms with Crippen molar-refractivity contribution in [3.8, 4) is 0 Å². The lowest BCUT2D eigenvalue weighted by Gasteiger charge is -2.29. The molecule has 0 amide bonds. The molecule has 0 aromatic carbocycles. The Morgan fingerprint density at radius 3 is 2.59 bits per heavy atom. The highest BCUT2D eigenvalue weighted by molar-refractivity contribution is 4.82. The highest BCUT2D eigenvalue weighted by atomic mass is 16.5.